The molecule has 18 heavy (non-hydrogen) atoms. The Morgan fingerprint density at radius 2 is 2.11 bits per heavy atom. The topological polar surface area (TPSA) is 21.3 Å². The van der Waals surface area contributed by atoms with Gasteiger partial charge in [-0.05, 0) is 37.0 Å². The van der Waals surface area contributed by atoms with Crippen LogP contribution in [0, 0.1) is 17.6 Å². The third-order valence-corrected chi connectivity index (χ3v) is 3.35. The van der Waals surface area contributed by atoms with Gasteiger partial charge in [-0.3, -0.25) is 0 Å². The lowest BCUT2D eigenvalue weighted by Crippen LogP contribution is -2.36. The number of nitrogens with one attached hydrogen (secondary N) is 1. The largest absolute Gasteiger partial charge is 0.380 e. The van der Waals surface area contributed by atoms with E-state index >= 15 is 0 Å². The molecule has 2 unspecified atom stereocenters. The molecule has 2 atom stereocenters. The molecule has 1 fully saturated rings. The summed E-state index contributed by atoms with van der Waals surface area (Å²) in [5, 5.41) is 3.08. The van der Waals surface area contributed by atoms with Crippen molar-refractivity contribution in [1.82, 2.24) is 0 Å². The van der Waals surface area contributed by atoms with Crippen LogP contribution in [-0.2, 0) is 4.74 Å². The third-order valence-electron chi connectivity index (χ3n) is 3.35. The minimum Gasteiger partial charge on any atom is -0.380 e. The molecule has 100 valence electrons. The zero-order valence-electron chi connectivity index (χ0n) is 10.7. The van der Waals surface area contributed by atoms with Crippen LogP contribution in [0.1, 0.15) is 26.7 Å². The maximum absolute atomic E-state index is 13.5. The molecule has 1 N–H and O–H groups in total. The number of halogens is 2. The van der Waals surface area contributed by atoms with Crippen LogP contribution in [-0.4, -0.2) is 18.8 Å². The first-order valence-electron chi connectivity index (χ1n) is 6.39. The summed E-state index contributed by atoms with van der Waals surface area (Å²) in [7, 11) is 0. The van der Waals surface area contributed by atoms with E-state index in [1.807, 2.05) is 0 Å². The second kappa shape index (κ2) is 5.65. The van der Waals surface area contributed by atoms with Crippen molar-refractivity contribution >= 4 is 5.69 Å². The molecule has 0 aromatic heterocycles. The molecular formula is C14H19F2NO. The summed E-state index contributed by atoms with van der Waals surface area (Å²) >= 11 is 0. The van der Waals surface area contributed by atoms with E-state index in [-0.39, 0.29) is 17.8 Å². The highest BCUT2D eigenvalue weighted by atomic mass is 19.1. The van der Waals surface area contributed by atoms with Gasteiger partial charge in [0.15, 0.2) is 0 Å². The number of ether oxygens (including phenoxy) is 1. The van der Waals surface area contributed by atoms with Crippen LogP contribution in [0.3, 0.4) is 0 Å². The molecule has 1 aromatic carbocycles. The zero-order chi connectivity index (χ0) is 13.1. The van der Waals surface area contributed by atoms with Gasteiger partial charge in [0.05, 0.1) is 11.8 Å². The Hall–Kier alpha value is -1.16. The molecule has 0 amide bonds. The Morgan fingerprint density at radius 1 is 1.33 bits per heavy atom. The molecule has 0 saturated carbocycles. The fourth-order valence-corrected chi connectivity index (χ4v) is 2.25. The molecule has 1 aliphatic rings. The number of hydrogen-bond acceptors (Lipinski definition) is 2. The molecular weight excluding hydrogens is 236 g/mol. The summed E-state index contributed by atoms with van der Waals surface area (Å²) in [5.74, 6) is -0.401. The third kappa shape index (κ3) is 3.19. The summed E-state index contributed by atoms with van der Waals surface area (Å²) in [4.78, 5) is 0. The Morgan fingerprint density at radius 3 is 2.83 bits per heavy atom. The first-order chi connectivity index (χ1) is 8.56. The van der Waals surface area contributed by atoms with Gasteiger partial charge in [0.25, 0.3) is 0 Å². The fourth-order valence-electron chi connectivity index (χ4n) is 2.25. The van der Waals surface area contributed by atoms with Crippen LogP contribution in [0.4, 0.5) is 14.5 Å². The van der Waals surface area contributed by atoms with Crippen LogP contribution in [0.25, 0.3) is 0 Å². The van der Waals surface area contributed by atoms with Crippen LogP contribution in [0.15, 0.2) is 18.2 Å². The Kier molecular flexibility index (Phi) is 4.17. The predicted octanol–water partition coefficient (Wildman–Crippen LogP) is 3.58. The van der Waals surface area contributed by atoms with E-state index in [2.05, 4.69) is 19.2 Å². The van der Waals surface area contributed by atoms with Crippen LogP contribution >= 0.6 is 0 Å². The van der Waals surface area contributed by atoms with E-state index in [0.29, 0.717) is 12.5 Å². The van der Waals surface area contributed by atoms with E-state index in [1.165, 1.54) is 6.07 Å². The SMILES string of the molecule is CC(C)C1CC(Nc2cc(F)ccc2F)CCO1. The van der Waals surface area contributed by atoms with E-state index in [4.69, 9.17) is 4.74 Å². The number of anilines is 1. The highest BCUT2D eigenvalue weighted by Gasteiger charge is 2.25. The van der Waals surface area contributed by atoms with Crippen LogP contribution in [0.5, 0.6) is 0 Å². The van der Waals surface area contributed by atoms with Crippen molar-refractivity contribution in [1.29, 1.82) is 0 Å². The summed E-state index contributed by atoms with van der Waals surface area (Å²) in [6.45, 7) is 4.88. The zero-order valence-corrected chi connectivity index (χ0v) is 10.7. The maximum Gasteiger partial charge on any atom is 0.146 e. The van der Waals surface area contributed by atoms with Gasteiger partial charge in [0.1, 0.15) is 11.6 Å². The van der Waals surface area contributed by atoms with Crippen molar-refractivity contribution in [2.24, 2.45) is 5.92 Å². The van der Waals surface area contributed by atoms with Crippen molar-refractivity contribution < 1.29 is 13.5 Å². The number of benzene rings is 1. The Bertz CT molecular complexity index is 409. The van der Waals surface area contributed by atoms with Crippen LogP contribution < -0.4 is 5.32 Å². The minimum absolute atomic E-state index is 0.141. The second-order valence-corrected chi connectivity index (χ2v) is 5.14. The van der Waals surface area contributed by atoms with Gasteiger partial charge in [0, 0.05) is 12.6 Å². The molecule has 1 aliphatic heterocycles. The van der Waals surface area contributed by atoms with Gasteiger partial charge in [-0.25, -0.2) is 8.78 Å². The standard InChI is InChI=1S/C14H19F2NO/c1-9(2)14-8-11(5-6-18-14)17-13-7-10(15)3-4-12(13)16/h3-4,7,9,11,14,17H,5-6,8H2,1-2H3. The molecule has 1 heterocycles. The molecule has 2 rings (SSSR count). The van der Waals surface area contributed by atoms with Crippen molar-refractivity contribution in [3.05, 3.63) is 29.8 Å². The van der Waals surface area contributed by atoms with E-state index < -0.39 is 11.6 Å². The smallest absolute Gasteiger partial charge is 0.146 e. The molecule has 0 aliphatic carbocycles. The van der Waals surface area contributed by atoms with Gasteiger partial charge >= 0.3 is 0 Å². The van der Waals surface area contributed by atoms with Gasteiger partial charge < -0.3 is 10.1 Å². The Labute approximate surface area is 106 Å². The molecule has 0 spiro atoms. The average molecular weight is 255 g/mol. The lowest BCUT2D eigenvalue weighted by molar-refractivity contribution is -0.0161. The molecule has 4 heteroatoms. The van der Waals surface area contributed by atoms with Gasteiger partial charge in [-0.15, -0.1) is 0 Å². The Balaban J connectivity index is 2.02. The monoisotopic (exact) mass is 255 g/mol. The first kappa shape index (κ1) is 13.3. The summed E-state index contributed by atoms with van der Waals surface area (Å²) in [5.41, 5.74) is 0.240. The lowest BCUT2D eigenvalue weighted by atomic mass is 9.95. The number of hydrogen-bond donors (Lipinski definition) is 1. The molecule has 0 radical (unpaired) electrons. The van der Waals surface area contributed by atoms with Crippen molar-refractivity contribution in [3.63, 3.8) is 0 Å². The normalized spacial score (nSPS) is 24.3. The van der Waals surface area contributed by atoms with Gasteiger partial charge in [-0.1, -0.05) is 13.8 Å². The summed E-state index contributed by atoms with van der Waals surface area (Å²) < 4.78 is 32.2. The minimum atomic E-state index is -0.425. The van der Waals surface area contributed by atoms with Gasteiger partial charge in [-0.2, -0.15) is 0 Å². The van der Waals surface area contributed by atoms with Crippen molar-refractivity contribution in [2.75, 3.05) is 11.9 Å². The molecule has 1 saturated heterocycles. The fraction of sp³-hybridized carbons (Fsp3) is 0.571. The molecule has 0 bridgehead atoms. The first-order valence-corrected chi connectivity index (χ1v) is 6.39. The van der Waals surface area contributed by atoms with E-state index in [9.17, 15) is 8.78 Å². The lowest BCUT2D eigenvalue weighted by Gasteiger charge is -2.33. The molecule has 1 aromatic rings. The second-order valence-electron chi connectivity index (χ2n) is 5.14. The number of rotatable bonds is 3. The predicted molar refractivity (Wildman–Crippen MR) is 67.6 cm³/mol. The maximum atomic E-state index is 13.5. The quantitative estimate of drug-likeness (QED) is 0.891. The van der Waals surface area contributed by atoms with Crippen molar-refractivity contribution in [3.8, 4) is 0 Å². The average Bonchev–Trinajstić information content (AvgIpc) is 2.34. The van der Waals surface area contributed by atoms with Gasteiger partial charge in [0.2, 0.25) is 0 Å². The van der Waals surface area contributed by atoms with Crippen LogP contribution in [0.2, 0.25) is 0 Å². The summed E-state index contributed by atoms with van der Waals surface area (Å²) in [6.07, 6.45) is 1.83. The molecule has 2 nitrogen and oxygen atoms in total. The highest BCUT2D eigenvalue weighted by Crippen LogP contribution is 2.24. The summed E-state index contributed by atoms with van der Waals surface area (Å²) in [6, 6.07) is 3.62. The van der Waals surface area contributed by atoms with E-state index in [0.717, 1.165) is 25.0 Å². The van der Waals surface area contributed by atoms with E-state index in [1.54, 1.807) is 0 Å². The van der Waals surface area contributed by atoms with Crippen molar-refractivity contribution in [2.45, 2.75) is 38.8 Å². The highest BCUT2D eigenvalue weighted by molar-refractivity contribution is 5.45.